The Morgan fingerprint density at radius 3 is 2.62 bits per heavy atom. The Morgan fingerprint density at radius 2 is 2.00 bits per heavy atom. The van der Waals surface area contributed by atoms with Crippen LogP contribution in [-0.2, 0) is 0 Å². The summed E-state index contributed by atoms with van der Waals surface area (Å²) in [6, 6.07) is 7.98. The number of hydrogen-bond acceptors (Lipinski definition) is 2. The molecule has 2 aromatic carbocycles. The zero-order chi connectivity index (χ0) is 9.42. The zero-order valence-electron chi connectivity index (χ0n) is 7.21. The Balaban J connectivity index is 0.000000308. The van der Waals surface area contributed by atoms with Crippen LogP contribution >= 0.6 is 11.6 Å². The molecule has 13 heavy (non-hydrogen) atoms. The van der Waals surface area contributed by atoms with Crippen LogP contribution in [0.3, 0.4) is 0 Å². The van der Waals surface area contributed by atoms with Gasteiger partial charge in [-0.05, 0) is 25.2 Å². The van der Waals surface area contributed by atoms with Crippen molar-refractivity contribution >= 4 is 33.4 Å². The molecule has 0 aliphatic rings. The van der Waals surface area contributed by atoms with Crippen molar-refractivity contribution in [1.29, 1.82) is 0 Å². The average Bonchev–Trinajstić information content (AvgIpc) is 2.16. The monoisotopic (exact) mass is 192 g/mol. The zero-order valence-corrected chi connectivity index (χ0v) is 7.97. The van der Waals surface area contributed by atoms with Crippen molar-refractivity contribution < 1.29 is 0 Å². The second-order valence-electron chi connectivity index (χ2n) is 2.72. The normalized spacial score (nSPS) is 10.7. The first-order valence-corrected chi connectivity index (χ1v) is 4.41. The number of pyridine rings is 1. The summed E-state index contributed by atoms with van der Waals surface area (Å²) in [6.07, 6.45) is 0. The molecule has 0 saturated carbocycles. The van der Waals surface area contributed by atoms with Crippen LogP contribution in [0, 0.1) is 0 Å². The molecule has 2 heterocycles. The van der Waals surface area contributed by atoms with E-state index in [1.807, 2.05) is 18.2 Å². The fraction of sp³-hybridized carbons (Fsp3) is 0.100. The molecule has 3 heteroatoms. The first kappa shape index (κ1) is 8.48. The number of nitrogens with zero attached hydrogens (tertiary/aromatic N) is 1. The fourth-order valence-corrected chi connectivity index (χ4v) is 1.72. The molecule has 0 spiro atoms. The first-order valence-electron chi connectivity index (χ1n) is 4.03. The Kier molecular flexibility index (Phi) is 1.94. The van der Waals surface area contributed by atoms with Crippen LogP contribution in [0.5, 0.6) is 0 Å². The van der Waals surface area contributed by atoms with E-state index in [0.29, 0.717) is 0 Å². The van der Waals surface area contributed by atoms with Crippen LogP contribution < -0.4 is 5.73 Å². The van der Waals surface area contributed by atoms with Gasteiger partial charge in [0.25, 0.3) is 0 Å². The molecular formula is C10H9ClN2. The maximum atomic E-state index is 5.87. The molecule has 0 aliphatic heterocycles. The summed E-state index contributed by atoms with van der Waals surface area (Å²) in [7, 11) is 1.50. The quantitative estimate of drug-likeness (QED) is 0.595. The van der Waals surface area contributed by atoms with Gasteiger partial charge in [0.15, 0.2) is 0 Å². The van der Waals surface area contributed by atoms with E-state index < -0.39 is 0 Å². The maximum absolute atomic E-state index is 5.87. The summed E-state index contributed by atoms with van der Waals surface area (Å²) in [6.45, 7) is 0. The van der Waals surface area contributed by atoms with Crippen molar-refractivity contribution in [3.63, 3.8) is 0 Å². The standard InChI is InChI=1S/C9H4ClN.CH5N/c10-6-3-5-1-2-8-7(4-6)9(5)11-8;1-2/h1-4H;2H2,1H3. The first-order chi connectivity index (χ1) is 6.34. The van der Waals surface area contributed by atoms with E-state index >= 15 is 0 Å². The van der Waals surface area contributed by atoms with Crippen molar-refractivity contribution in [3.05, 3.63) is 29.3 Å². The molecule has 2 aromatic heterocycles. The highest BCUT2D eigenvalue weighted by molar-refractivity contribution is 6.33. The molecule has 0 atom stereocenters. The van der Waals surface area contributed by atoms with E-state index in [4.69, 9.17) is 11.6 Å². The van der Waals surface area contributed by atoms with E-state index in [9.17, 15) is 0 Å². The van der Waals surface area contributed by atoms with E-state index in [0.717, 1.165) is 21.4 Å². The Bertz CT molecular complexity index is 482. The lowest BCUT2D eigenvalue weighted by atomic mass is 10.1. The molecule has 0 aliphatic carbocycles. The summed E-state index contributed by atoms with van der Waals surface area (Å²) >= 11 is 5.87. The highest BCUT2D eigenvalue weighted by atomic mass is 35.5. The summed E-state index contributed by atoms with van der Waals surface area (Å²) in [5.41, 5.74) is 6.67. The van der Waals surface area contributed by atoms with Gasteiger partial charge in [0.1, 0.15) is 0 Å². The number of fused-ring (bicyclic) bond motifs is 1. The second-order valence-corrected chi connectivity index (χ2v) is 3.16. The lowest BCUT2D eigenvalue weighted by Crippen LogP contribution is -1.90. The molecule has 0 saturated heterocycles. The molecule has 4 rings (SSSR count). The number of halogens is 1. The van der Waals surface area contributed by atoms with Gasteiger partial charge in [-0.2, -0.15) is 0 Å². The maximum Gasteiger partial charge on any atom is 0.0804 e. The predicted molar refractivity (Wildman–Crippen MR) is 56.7 cm³/mol. The lowest BCUT2D eigenvalue weighted by Gasteiger charge is -2.09. The van der Waals surface area contributed by atoms with Crippen molar-refractivity contribution in [2.24, 2.45) is 5.73 Å². The third kappa shape index (κ3) is 1.10. The van der Waals surface area contributed by atoms with Gasteiger partial charge in [-0.25, -0.2) is 4.98 Å². The summed E-state index contributed by atoms with van der Waals surface area (Å²) in [4.78, 5) is 4.28. The fourth-order valence-electron chi connectivity index (χ4n) is 1.49. The van der Waals surface area contributed by atoms with Crippen LogP contribution in [-0.4, -0.2) is 12.0 Å². The number of rotatable bonds is 0. The largest absolute Gasteiger partial charge is 0.333 e. The van der Waals surface area contributed by atoms with Crippen LogP contribution in [0.4, 0.5) is 0 Å². The lowest BCUT2D eigenvalue weighted by molar-refractivity contribution is 1.47. The van der Waals surface area contributed by atoms with Gasteiger partial charge in [-0.15, -0.1) is 0 Å². The summed E-state index contributed by atoms with van der Waals surface area (Å²) in [5.74, 6) is 0. The minimum absolute atomic E-state index is 0.801. The number of nitrogens with two attached hydrogens (primary N) is 1. The highest BCUT2D eigenvalue weighted by Crippen LogP contribution is 2.31. The van der Waals surface area contributed by atoms with Crippen molar-refractivity contribution in [3.8, 4) is 0 Å². The third-order valence-corrected chi connectivity index (χ3v) is 2.25. The Hall–Kier alpha value is -1.12. The number of aromatic nitrogens is 1. The molecular weight excluding hydrogens is 184 g/mol. The van der Waals surface area contributed by atoms with Crippen LogP contribution in [0.1, 0.15) is 0 Å². The van der Waals surface area contributed by atoms with Crippen LogP contribution in [0.15, 0.2) is 24.3 Å². The van der Waals surface area contributed by atoms with E-state index in [-0.39, 0.29) is 0 Å². The molecule has 0 radical (unpaired) electrons. The molecule has 0 amide bonds. The molecule has 2 nitrogen and oxygen atoms in total. The van der Waals surface area contributed by atoms with E-state index in [1.54, 1.807) is 0 Å². The molecule has 0 fully saturated rings. The van der Waals surface area contributed by atoms with E-state index in [1.165, 1.54) is 12.4 Å². The van der Waals surface area contributed by atoms with Crippen LogP contribution in [0.2, 0.25) is 5.02 Å². The Labute approximate surface area is 81.0 Å². The molecule has 2 N–H and O–H groups in total. The molecule has 4 aromatic rings. The molecule has 66 valence electrons. The minimum Gasteiger partial charge on any atom is -0.333 e. The van der Waals surface area contributed by atoms with Crippen molar-refractivity contribution in [2.45, 2.75) is 0 Å². The average molecular weight is 193 g/mol. The predicted octanol–water partition coefficient (Wildman–Crippen LogP) is 2.49. The van der Waals surface area contributed by atoms with Gasteiger partial charge in [0.05, 0.1) is 11.0 Å². The van der Waals surface area contributed by atoms with Crippen molar-refractivity contribution in [1.82, 2.24) is 4.98 Å². The second kappa shape index (κ2) is 2.98. The number of hydrogen-bond donors (Lipinski definition) is 1. The summed E-state index contributed by atoms with van der Waals surface area (Å²) in [5, 5.41) is 3.15. The van der Waals surface area contributed by atoms with Crippen molar-refractivity contribution in [2.75, 3.05) is 7.05 Å². The topological polar surface area (TPSA) is 38.9 Å². The van der Waals surface area contributed by atoms with Gasteiger partial charge in [0, 0.05) is 15.8 Å². The van der Waals surface area contributed by atoms with Crippen LogP contribution in [0.25, 0.3) is 21.8 Å². The molecule has 4 bridgehead atoms. The van der Waals surface area contributed by atoms with Gasteiger partial charge in [-0.1, -0.05) is 17.7 Å². The SMILES string of the molecule is CN.Clc1cc2ccc3nc2c3c1. The molecule has 0 unspecified atom stereocenters. The Morgan fingerprint density at radius 1 is 1.23 bits per heavy atom. The van der Waals surface area contributed by atoms with E-state index in [2.05, 4.69) is 16.8 Å². The third-order valence-electron chi connectivity index (χ3n) is 2.03. The summed E-state index contributed by atoms with van der Waals surface area (Å²) < 4.78 is 0. The number of benzene rings is 2. The minimum atomic E-state index is 0.801. The van der Waals surface area contributed by atoms with Gasteiger partial charge < -0.3 is 5.73 Å². The smallest absolute Gasteiger partial charge is 0.0804 e. The van der Waals surface area contributed by atoms with Gasteiger partial charge >= 0.3 is 0 Å². The van der Waals surface area contributed by atoms with Gasteiger partial charge in [-0.3, -0.25) is 0 Å². The highest BCUT2D eigenvalue weighted by Gasteiger charge is 2.09. The van der Waals surface area contributed by atoms with Gasteiger partial charge in [0.2, 0.25) is 0 Å².